The Labute approximate surface area is 109 Å². The number of amidine groups is 1. The number of hydrogen-bond donors (Lipinski definition) is 3. The van der Waals surface area contributed by atoms with Crippen LogP contribution in [0, 0.1) is 0 Å². The highest BCUT2D eigenvalue weighted by Crippen LogP contribution is 2.02. The van der Waals surface area contributed by atoms with Gasteiger partial charge >= 0.3 is 0 Å². The molecule has 0 saturated carbocycles. The second-order valence-electron chi connectivity index (χ2n) is 4.30. The first kappa shape index (κ1) is 16.7. The van der Waals surface area contributed by atoms with Gasteiger partial charge in [-0.25, -0.2) is 0 Å². The number of carbonyl (C=O) groups excluding carboxylic acids is 1. The molecule has 0 spiro atoms. The van der Waals surface area contributed by atoms with E-state index in [9.17, 15) is 4.79 Å². The molecule has 0 aliphatic carbocycles. The van der Waals surface area contributed by atoms with Crippen molar-refractivity contribution in [3.8, 4) is 0 Å². The van der Waals surface area contributed by atoms with Crippen molar-refractivity contribution >= 4 is 11.7 Å². The molecule has 0 aliphatic rings. The predicted molar refractivity (Wildman–Crippen MR) is 72.6 cm³/mol. The highest BCUT2D eigenvalue weighted by Gasteiger charge is 2.21. The van der Waals surface area contributed by atoms with Crippen LogP contribution in [0.2, 0.25) is 0 Å². The molecule has 0 saturated heterocycles. The normalized spacial score (nSPS) is 15.2. The summed E-state index contributed by atoms with van der Waals surface area (Å²) in [5.41, 5.74) is 5.48. The lowest BCUT2D eigenvalue weighted by Crippen LogP contribution is -2.49. The molecule has 0 radical (unpaired) electrons. The lowest BCUT2D eigenvalue weighted by molar-refractivity contribution is -0.132. The minimum absolute atomic E-state index is 0.0374. The molecule has 0 aliphatic heterocycles. The summed E-state index contributed by atoms with van der Waals surface area (Å²) < 4.78 is 0. The van der Waals surface area contributed by atoms with Crippen LogP contribution in [0.5, 0.6) is 0 Å². The number of nitrogens with two attached hydrogens (primary N) is 1. The fourth-order valence-corrected chi connectivity index (χ4v) is 1.85. The van der Waals surface area contributed by atoms with Gasteiger partial charge in [0.25, 0.3) is 0 Å². The number of rotatable bonds is 8. The van der Waals surface area contributed by atoms with Crippen LogP contribution in [-0.2, 0) is 4.79 Å². The standard InChI is InChI=1S/C12H26N4O2/c1-5-10(8-11(13)15-18)14-9(4)12(17)16(6-2)7-3/h9-10,14,18H,5-8H2,1-4H3,(H2,13,15). The van der Waals surface area contributed by atoms with Gasteiger partial charge in [-0.15, -0.1) is 0 Å². The van der Waals surface area contributed by atoms with Gasteiger partial charge in [0, 0.05) is 25.6 Å². The van der Waals surface area contributed by atoms with E-state index in [4.69, 9.17) is 10.9 Å². The van der Waals surface area contributed by atoms with Crippen LogP contribution >= 0.6 is 0 Å². The van der Waals surface area contributed by atoms with Crippen molar-refractivity contribution < 1.29 is 10.0 Å². The third-order valence-corrected chi connectivity index (χ3v) is 3.01. The van der Waals surface area contributed by atoms with Crippen molar-refractivity contribution in [3.63, 3.8) is 0 Å². The van der Waals surface area contributed by atoms with E-state index in [-0.39, 0.29) is 23.8 Å². The first-order chi connectivity index (χ1) is 8.49. The highest BCUT2D eigenvalue weighted by molar-refractivity contribution is 5.82. The lowest BCUT2D eigenvalue weighted by atomic mass is 10.1. The van der Waals surface area contributed by atoms with Crippen molar-refractivity contribution in [3.05, 3.63) is 0 Å². The number of nitrogens with zero attached hydrogens (tertiary/aromatic N) is 2. The SMILES string of the molecule is CCC(CC(N)=NO)NC(C)C(=O)N(CC)CC. The zero-order valence-corrected chi connectivity index (χ0v) is 11.8. The molecule has 18 heavy (non-hydrogen) atoms. The molecule has 0 aromatic carbocycles. The Hall–Kier alpha value is -1.30. The number of oxime groups is 1. The van der Waals surface area contributed by atoms with Crippen LogP contribution in [0.4, 0.5) is 0 Å². The van der Waals surface area contributed by atoms with Crippen LogP contribution in [0.15, 0.2) is 5.16 Å². The predicted octanol–water partition coefficient (Wildman–Crippen LogP) is 0.748. The molecule has 6 heteroatoms. The quantitative estimate of drug-likeness (QED) is 0.259. The molecule has 0 fully saturated rings. The molecule has 1 amide bonds. The Morgan fingerprint density at radius 2 is 1.94 bits per heavy atom. The fourth-order valence-electron chi connectivity index (χ4n) is 1.85. The van der Waals surface area contributed by atoms with E-state index in [2.05, 4.69) is 10.5 Å². The van der Waals surface area contributed by atoms with Crippen molar-refractivity contribution in [2.75, 3.05) is 13.1 Å². The van der Waals surface area contributed by atoms with Gasteiger partial charge in [-0.2, -0.15) is 0 Å². The largest absolute Gasteiger partial charge is 0.409 e. The summed E-state index contributed by atoms with van der Waals surface area (Å²) in [7, 11) is 0. The van der Waals surface area contributed by atoms with E-state index in [0.717, 1.165) is 6.42 Å². The first-order valence-electron chi connectivity index (χ1n) is 6.51. The zero-order valence-electron chi connectivity index (χ0n) is 11.8. The highest BCUT2D eigenvalue weighted by atomic mass is 16.4. The lowest BCUT2D eigenvalue weighted by Gasteiger charge is -2.26. The topological polar surface area (TPSA) is 91.0 Å². The van der Waals surface area contributed by atoms with Crippen molar-refractivity contribution in [1.29, 1.82) is 0 Å². The fraction of sp³-hybridized carbons (Fsp3) is 0.833. The van der Waals surface area contributed by atoms with E-state index in [0.29, 0.717) is 19.5 Å². The van der Waals surface area contributed by atoms with Gasteiger partial charge in [-0.05, 0) is 27.2 Å². The Morgan fingerprint density at radius 3 is 2.33 bits per heavy atom. The maximum atomic E-state index is 12.1. The Morgan fingerprint density at radius 1 is 1.39 bits per heavy atom. The van der Waals surface area contributed by atoms with Crippen LogP contribution in [0.25, 0.3) is 0 Å². The van der Waals surface area contributed by atoms with Crippen molar-refractivity contribution in [2.45, 2.75) is 52.6 Å². The van der Waals surface area contributed by atoms with Crippen LogP contribution < -0.4 is 11.1 Å². The van der Waals surface area contributed by atoms with E-state index < -0.39 is 0 Å². The summed E-state index contributed by atoms with van der Waals surface area (Å²) in [6.45, 7) is 9.17. The number of likely N-dealkylation sites (N-methyl/N-ethyl adjacent to an activating group) is 1. The summed E-state index contributed by atoms with van der Waals surface area (Å²) in [4.78, 5) is 13.9. The van der Waals surface area contributed by atoms with Crippen LogP contribution in [-0.4, -0.2) is 47.0 Å². The summed E-state index contributed by atoms with van der Waals surface area (Å²) in [6.07, 6.45) is 1.25. The van der Waals surface area contributed by atoms with Crippen molar-refractivity contribution in [1.82, 2.24) is 10.2 Å². The molecule has 6 nitrogen and oxygen atoms in total. The Bertz CT molecular complexity index is 277. The second-order valence-corrected chi connectivity index (χ2v) is 4.30. The second kappa shape index (κ2) is 8.74. The third kappa shape index (κ3) is 5.35. The van der Waals surface area contributed by atoms with Crippen molar-refractivity contribution in [2.24, 2.45) is 10.9 Å². The Balaban J connectivity index is 4.42. The summed E-state index contributed by atoms with van der Waals surface area (Å²) in [6, 6.07) is -0.225. The number of carbonyl (C=O) groups is 1. The zero-order chi connectivity index (χ0) is 14.1. The molecule has 0 aromatic rings. The summed E-state index contributed by atoms with van der Waals surface area (Å²) >= 11 is 0. The van der Waals surface area contributed by atoms with E-state index in [1.165, 1.54) is 0 Å². The van der Waals surface area contributed by atoms with Gasteiger partial charge in [0.05, 0.1) is 6.04 Å². The van der Waals surface area contributed by atoms with Crippen LogP contribution in [0.3, 0.4) is 0 Å². The monoisotopic (exact) mass is 258 g/mol. The molecule has 0 bridgehead atoms. The number of hydrogen-bond acceptors (Lipinski definition) is 4. The van der Waals surface area contributed by atoms with Crippen LogP contribution in [0.1, 0.15) is 40.5 Å². The summed E-state index contributed by atoms with van der Waals surface area (Å²) in [5.74, 6) is 0.259. The average molecular weight is 258 g/mol. The third-order valence-electron chi connectivity index (χ3n) is 3.01. The minimum Gasteiger partial charge on any atom is -0.409 e. The molecule has 0 rings (SSSR count). The van der Waals surface area contributed by atoms with Gasteiger partial charge in [0.15, 0.2) is 0 Å². The molecule has 2 unspecified atom stereocenters. The van der Waals surface area contributed by atoms with E-state index >= 15 is 0 Å². The smallest absolute Gasteiger partial charge is 0.239 e. The van der Waals surface area contributed by atoms with Gasteiger partial charge in [0.1, 0.15) is 5.84 Å². The molecule has 0 aromatic heterocycles. The maximum absolute atomic E-state index is 12.1. The molecular formula is C12H26N4O2. The van der Waals surface area contributed by atoms with E-state index in [1.807, 2.05) is 27.7 Å². The number of nitrogens with one attached hydrogen (secondary N) is 1. The van der Waals surface area contributed by atoms with Gasteiger partial charge in [-0.1, -0.05) is 12.1 Å². The summed E-state index contributed by atoms with van der Waals surface area (Å²) in [5, 5.41) is 14.7. The molecule has 106 valence electrons. The molecule has 4 N–H and O–H groups in total. The minimum atomic E-state index is -0.263. The van der Waals surface area contributed by atoms with E-state index in [1.54, 1.807) is 4.90 Å². The van der Waals surface area contributed by atoms with Gasteiger partial charge in [-0.3, -0.25) is 4.79 Å². The first-order valence-corrected chi connectivity index (χ1v) is 6.51. The average Bonchev–Trinajstić information content (AvgIpc) is 2.38. The van der Waals surface area contributed by atoms with Gasteiger partial charge < -0.3 is 21.2 Å². The maximum Gasteiger partial charge on any atom is 0.239 e. The molecular weight excluding hydrogens is 232 g/mol. The Kier molecular flexibility index (Phi) is 8.11. The molecule has 2 atom stereocenters. The number of amides is 1. The van der Waals surface area contributed by atoms with Gasteiger partial charge in [0.2, 0.25) is 5.91 Å². The molecule has 0 heterocycles.